The van der Waals surface area contributed by atoms with E-state index in [-0.39, 0.29) is 29.5 Å². The highest BCUT2D eigenvalue weighted by molar-refractivity contribution is 7.89. The number of morpholine rings is 1. The van der Waals surface area contributed by atoms with Crippen molar-refractivity contribution in [1.82, 2.24) is 14.2 Å². The average molecular weight is 522 g/mol. The largest absolute Gasteiger partial charge is 0.467 e. The summed E-state index contributed by atoms with van der Waals surface area (Å²) >= 11 is 0. The zero-order chi connectivity index (χ0) is 26.0. The molecule has 1 fully saturated rings. The van der Waals surface area contributed by atoms with E-state index in [4.69, 9.17) is 9.15 Å². The number of H-pyrrole nitrogens is 1. The molecule has 0 radical (unpaired) electrons. The van der Waals surface area contributed by atoms with Crippen LogP contribution in [0.25, 0.3) is 10.9 Å². The summed E-state index contributed by atoms with van der Waals surface area (Å²) in [6, 6.07) is 16.9. The average Bonchev–Trinajstić information content (AvgIpc) is 3.42. The molecular weight excluding hydrogens is 494 g/mol. The van der Waals surface area contributed by atoms with Crippen LogP contribution in [-0.2, 0) is 27.8 Å². The first-order chi connectivity index (χ1) is 17.8. The Labute approximate surface area is 214 Å². The van der Waals surface area contributed by atoms with Crippen molar-refractivity contribution in [3.63, 3.8) is 0 Å². The van der Waals surface area contributed by atoms with Gasteiger partial charge in [-0.15, -0.1) is 0 Å². The Morgan fingerprint density at radius 3 is 2.49 bits per heavy atom. The van der Waals surface area contributed by atoms with Crippen molar-refractivity contribution in [3.05, 3.63) is 99.7 Å². The molecule has 0 unspecified atom stereocenters. The molecule has 10 heteroatoms. The van der Waals surface area contributed by atoms with Crippen LogP contribution in [0.2, 0.25) is 0 Å². The number of furan rings is 1. The number of hydrogen-bond acceptors (Lipinski definition) is 6. The Morgan fingerprint density at radius 2 is 1.78 bits per heavy atom. The Balaban J connectivity index is 1.43. The van der Waals surface area contributed by atoms with Crippen LogP contribution in [0.4, 0.5) is 0 Å². The van der Waals surface area contributed by atoms with Gasteiger partial charge in [-0.3, -0.25) is 9.59 Å². The van der Waals surface area contributed by atoms with Gasteiger partial charge in [-0.2, -0.15) is 4.31 Å². The summed E-state index contributed by atoms with van der Waals surface area (Å²) in [6.07, 6.45) is 1.52. The maximum atomic E-state index is 13.6. The number of carbonyl (C=O) groups excluding carboxylic acids is 1. The summed E-state index contributed by atoms with van der Waals surface area (Å²) in [5.41, 5.74) is 2.24. The fourth-order valence-corrected chi connectivity index (χ4v) is 5.78. The van der Waals surface area contributed by atoms with E-state index in [1.165, 1.54) is 39.7 Å². The van der Waals surface area contributed by atoms with Gasteiger partial charge in [0, 0.05) is 29.7 Å². The highest BCUT2D eigenvalue weighted by atomic mass is 32.2. The van der Waals surface area contributed by atoms with E-state index >= 15 is 0 Å². The van der Waals surface area contributed by atoms with Gasteiger partial charge in [-0.1, -0.05) is 11.6 Å². The topological polar surface area (TPSA) is 113 Å². The van der Waals surface area contributed by atoms with Gasteiger partial charge in [0.05, 0.1) is 37.5 Å². The van der Waals surface area contributed by atoms with Crippen molar-refractivity contribution in [2.24, 2.45) is 0 Å². The lowest BCUT2D eigenvalue weighted by Crippen LogP contribution is -2.40. The van der Waals surface area contributed by atoms with Crippen molar-refractivity contribution in [1.29, 1.82) is 0 Å². The van der Waals surface area contributed by atoms with Crippen LogP contribution in [0.3, 0.4) is 0 Å². The summed E-state index contributed by atoms with van der Waals surface area (Å²) in [4.78, 5) is 30.9. The predicted molar refractivity (Wildman–Crippen MR) is 138 cm³/mol. The van der Waals surface area contributed by atoms with Crippen molar-refractivity contribution in [2.75, 3.05) is 26.3 Å². The number of sulfonamides is 1. The molecule has 1 aliphatic rings. The van der Waals surface area contributed by atoms with Gasteiger partial charge in [-0.25, -0.2) is 8.42 Å². The number of ether oxygens (including phenoxy) is 1. The fraction of sp³-hybridized carbons (Fsp3) is 0.259. The van der Waals surface area contributed by atoms with Gasteiger partial charge < -0.3 is 19.0 Å². The number of nitrogens with one attached hydrogen (secondary N) is 1. The van der Waals surface area contributed by atoms with Crippen LogP contribution >= 0.6 is 0 Å². The first kappa shape index (κ1) is 24.9. The molecule has 1 aliphatic heterocycles. The number of aromatic nitrogens is 1. The molecule has 1 saturated heterocycles. The third-order valence-electron chi connectivity index (χ3n) is 6.36. The van der Waals surface area contributed by atoms with Crippen molar-refractivity contribution in [2.45, 2.75) is 24.9 Å². The van der Waals surface area contributed by atoms with Gasteiger partial charge in [0.2, 0.25) is 10.0 Å². The zero-order valence-electron chi connectivity index (χ0n) is 20.3. The van der Waals surface area contributed by atoms with Crippen LogP contribution in [0.1, 0.15) is 27.2 Å². The zero-order valence-corrected chi connectivity index (χ0v) is 21.2. The lowest BCUT2D eigenvalue weighted by atomic mass is 10.1. The third-order valence-corrected chi connectivity index (χ3v) is 8.27. The summed E-state index contributed by atoms with van der Waals surface area (Å²) in [5, 5.41) is 0.873. The quantitative estimate of drug-likeness (QED) is 0.399. The second kappa shape index (κ2) is 10.3. The molecule has 1 amide bonds. The molecule has 192 valence electrons. The number of pyridine rings is 1. The predicted octanol–water partition coefficient (Wildman–Crippen LogP) is 3.29. The van der Waals surface area contributed by atoms with Gasteiger partial charge >= 0.3 is 0 Å². The number of aromatic amines is 1. The molecule has 4 aromatic rings. The first-order valence-electron chi connectivity index (χ1n) is 11.9. The normalized spacial score (nSPS) is 14.6. The van der Waals surface area contributed by atoms with Crippen LogP contribution in [-0.4, -0.2) is 54.8 Å². The second-order valence-corrected chi connectivity index (χ2v) is 10.9. The SMILES string of the molecule is Cc1ccc2[nH]c(=O)c(CN(Cc3ccco3)C(=O)c3ccc(S(=O)(=O)N4CCOCC4)cc3)cc2c1. The minimum Gasteiger partial charge on any atom is -0.467 e. The summed E-state index contributed by atoms with van der Waals surface area (Å²) in [6.45, 7) is 3.45. The molecule has 0 atom stereocenters. The minimum atomic E-state index is -3.68. The number of nitrogens with zero attached hydrogens (tertiary/aromatic N) is 2. The van der Waals surface area contributed by atoms with Crippen LogP contribution in [0.15, 0.2) is 81.0 Å². The van der Waals surface area contributed by atoms with Crippen molar-refractivity contribution >= 4 is 26.8 Å². The highest BCUT2D eigenvalue weighted by Gasteiger charge is 2.27. The first-order valence-corrected chi connectivity index (χ1v) is 13.4. The minimum absolute atomic E-state index is 0.0482. The van der Waals surface area contributed by atoms with E-state index < -0.39 is 10.0 Å². The van der Waals surface area contributed by atoms with E-state index in [0.29, 0.717) is 43.2 Å². The molecule has 0 bridgehead atoms. The summed E-state index contributed by atoms with van der Waals surface area (Å²) in [5.74, 6) is 0.211. The fourth-order valence-electron chi connectivity index (χ4n) is 4.37. The molecule has 2 aromatic heterocycles. The maximum absolute atomic E-state index is 13.6. The number of rotatable bonds is 7. The second-order valence-electron chi connectivity index (χ2n) is 9.00. The Morgan fingerprint density at radius 1 is 1.03 bits per heavy atom. The van der Waals surface area contributed by atoms with E-state index in [0.717, 1.165) is 16.5 Å². The number of fused-ring (bicyclic) bond motifs is 1. The number of benzene rings is 2. The number of amides is 1. The van der Waals surface area contributed by atoms with Crippen LogP contribution in [0.5, 0.6) is 0 Å². The maximum Gasteiger partial charge on any atom is 0.254 e. The highest BCUT2D eigenvalue weighted by Crippen LogP contribution is 2.21. The molecular formula is C27H27N3O6S. The molecule has 9 nitrogen and oxygen atoms in total. The summed E-state index contributed by atoms with van der Waals surface area (Å²) < 4.78 is 38.0. The van der Waals surface area contributed by atoms with Crippen molar-refractivity contribution in [3.8, 4) is 0 Å². The van der Waals surface area contributed by atoms with Gasteiger partial charge in [0.25, 0.3) is 11.5 Å². The number of hydrogen-bond donors (Lipinski definition) is 1. The van der Waals surface area contributed by atoms with Crippen molar-refractivity contribution < 1.29 is 22.4 Å². The molecule has 0 spiro atoms. The molecule has 0 aliphatic carbocycles. The van der Waals surface area contributed by atoms with Gasteiger partial charge in [0.15, 0.2) is 0 Å². The number of carbonyl (C=O) groups is 1. The van der Waals surface area contributed by atoms with E-state index in [9.17, 15) is 18.0 Å². The number of aryl methyl sites for hydroxylation is 1. The third kappa shape index (κ3) is 5.36. The van der Waals surface area contributed by atoms with Gasteiger partial charge in [0.1, 0.15) is 5.76 Å². The molecule has 2 aromatic carbocycles. The molecule has 0 saturated carbocycles. The lowest BCUT2D eigenvalue weighted by molar-refractivity contribution is 0.0717. The molecule has 5 rings (SSSR count). The standard InChI is InChI=1S/C27H27N3O6S/c1-19-4-9-25-21(15-19)16-22(26(31)28-25)17-29(18-23-3-2-12-36-23)27(32)20-5-7-24(8-6-20)37(33,34)30-10-13-35-14-11-30/h2-9,12,15-16H,10-11,13-14,17-18H2,1H3,(H,28,31). The smallest absolute Gasteiger partial charge is 0.254 e. The van der Waals surface area contributed by atoms with Gasteiger partial charge in [-0.05, 0) is 66.9 Å². The lowest BCUT2D eigenvalue weighted by Gasteiger charge is -2.26. The van der Waals surface area contributed by atoms with Crippen LogP contribution < -0.4 is 5.56 Å². The summed E-state index contributed by atoms with van der Waals surface area (Å²) in [7, 11) is -3.68. The van der Waals surface area contributed by atoms with E-state index in [2.05, 4.69) is 4.98 Å². The monoisotopic (exact) mass is 521 g/mol. The van der Waals surface area contributed by atoms with E-state index in [1.54, 1.807) is 18.2 Å². The van der Waals surface area contributed by atoms with Crippen LogP contribution in [0, 0.1) is 6.92 Å². The Bertz CT molecular complexity index is 1570. The Hall–Kier alpha value is -3.73. The molecule has 37 heavy (non-hydrogen) atoms. The molecule has 1 N–H and O–H groups in total. The van der Waals surface area contributed by atoms with E-state index in [1.807, 2.05) is 25.1 Å². The molecule has 3 heterocycles. The Kier molecular flexibility index (Phi) is 6.96.